The van der Waals surface area contributed by atoms with E-state index in [-0.39, 0.29) is 29.2 Å². The lowest BCUT2D eigenvalue weighted by Crippen LogP contribution is -2.44. The van der Waals surface area contributed by atoms with Gasteiger partial charge in [0.1, 0.15) is 11.5 Å². The van der Waals surface area contributed by atoms with Gasteiger partial charge in [-0.05, 0) is 67.4 Å². The minimum atomic E-state index is -4.54. The minimum absolute atomic E-state index is 0.0739. The number of carbonyl (C=O) groups is 1. The molecule has 37 heavy (non-hydrogen) atoms. The number of aromatic nitrogens is 2. The number of benzene rings is 2. The van der Waals surface area contributed by atoms with Crippen molar-refractivity contribution in [3.05, 3.63) is 82.0 Å². The van der Waals surface area contributed by atoms with E-state index in [4.69, 9.17) is 5.73 Å². The summed E-state index contributed by atoms with van der Waals surface area (Å²) < 4.78 is 41.6. The molecule has 0 bridgehead atoms. The van der Waals surface area contributed by atoms with Crippen LogP contribution < -0.4 is 11.1 Å². The molecule has 0 unspecified atom stereocenters. The van der Waals surface area contributed by atoms with E-state index < -0.39 is 17.6 Å². The quantitative estimate of drug-likeness (QED) is 0.522. The van der Waals surface area contributed by atoms with Crippen molar-refractivity contribution in [3.63, 3.8) is 0 Å². The van der Waals surface area contributed by atoms with Crippen LogP contribution in [0.5, 0.6) is 0 Å². The van der Waals surface area contributed by atoms with Crippen molar-refractivity contribution >= 4 is 17.4 Å². The number of alkyl halides is 3. The molecule has 192 valence electrons. The number of likely N-dealkylation sites (N-methyl/N-ethyl adjacent to an activating group) is 1. The second-order valence-electron chi connectivity index (χ2n) is 9.03. The van der Waals surface area contributed by atoms with E-state index in [1.54, 1.807) is 30.3 Å². The van der Waals surface area contributed by atoms with Gasteiger partial charge in [0.15, 0.2) is 0 Å². The van der Waals surface area contributed by atoms with Gasteiger partial charge in [0.2, 0.25) is 0 Å². The summed E-state index contributed by atoms with van der Waals surface area (Å²) in [6.45, 7) is 5.08. The largest absolute Gasteiger partial charge is 0.416 e. The number of hydrogen-bond acceptors (Lipinski definition) is 6. The molecule has 0 saturated carbocycles. The predicted molar refractivity (Wildman–Crippen MR) is 136 cm³/mol. The Labute approximate surface area is 213 Å². The molecule has 0 radical (unpaired) electrons. The molecule has 1 fully saturated rings. The summed E-state index contributed by atoms with van der Waals surface area (Å²) in [5, 5.41) is 10.2. The molecule has 1 saturated heterocycles. The van der Waals surface area contributed by atoms with Gasteiger partial charge in [-0.25, -0.2) is 0 Å². The molecule has 10 heteroatoms. The van der Waals surface area contributed by atoms with Gasteiger partial charge in [-0.2, -0.15) is 13.2 Å². The number of rotatable bonds is 4. The number of nitrogens with zero attached hydrogens (tertiary/aromatic N) is 4. The number of nitrogens with two attached hydrogens (primary N) is 1. The van der Waals surface area contributed by atoms with Gasteiger partial charge in [0.25, 0.3) is 5.91 Å². The first-order valence-corrected chi connectivity index (χ1v) is 11.7. The molecule has 1 amide bonds. The molecule has 2 aromatic carbocycles. The molecule has 1 aliphatic rings. The van der Waals surface area contributed by atoms with Crippen LogP contribution in [0.25, 0.3) is 0 Å². The molecule has 0 spiro atoms. The van der Waals surface area contributed by atoms with Crippen LogP contribution in [0.15, 0.2) is 48.5 Å². The average molecular weight is 509 g/mol. The maximum atomic E-state index is 13.9. The number of halogens is 3. The maximum Gasteiger partial charge on any atom is 0.416 e. The van der Waals surface area contributed by atoms with Crippen LogP contribution in [0.2, 0.25) is 0 Å². The number of aryl methyl sites for hydroxylation is 1. The highest BCUT2D eigenvalue weighted by Crippen LogP contribution is 2.34. The second kappa shape index (κ2) is 11.0. The van der Waals surface area contributed by atoms with Crippen LogP contribution >= 0.6 is 0 Å². The lowest BCUT2D eigenvalue weighted by molar-refractivity contribution is -0.138. The number of anilines is 2. The molecular weight excluding hydrogens is 481 g/mol. The normalized spacial score (nSPS) is 14.6. The van der Waals surface area contributed by atoms with Crippen LogP contribution in [0.1, 0.15) is 38.3 Å². The van der Waals surface area contributed by atoms with E-state index >= 15 is 0 Å². The van der Waals surface area contributed by atoms with E-state index in [1.165, 1.54) is 12.1 Å². The number of amides is 1. The Hall–Kier alpha value is -3.94. The second-order valence-corrected chi connectivity index (χ2v) is 9.03. The lowest BCUT2D eigenvalue weighted by atomic mass is 10.0. The molecule has 3 aromatic rings. The first kappa shape index (κ1) is 26.1. The number of piperazine rings is 1. The Morgan fingerprint density at radius 3 is 2.46 bits per heavy atom. The van der Waals surface area contributed by atoms with Gasteiger partial charge in [-0.15, -0.1) is 10.2 Å². The van der Waals surface area contributed by atoms with E-state index in [2.05, 4.69) is 32.3 Å². The zero-order valence-corrected chi connectivity index (χ0v) is 20.6. The Morgan fingerprint density at radius 2 is 1.78 bits per heavy atom. The van der Waals surface area contributed by atoms with Gasteiger partial charge < -0.3 is 16.0 Å². The predicted octanol–water partition coefficient (Wildman–Crippen LogP) is 3.79. The summed E-state index contributed by atoms with van der Waals surface area (Å²) in [4.78, 5) is 17.0. The van der Waals surface area contributed by atoms with Crippen LogP contribution in [-0.2, 0) is 12.7 Å². The standard InChI is InChI=1S/C27H27F3N6O/c1-18-3-4-20(15-19(18)5-7-22-9-10-25(31)34-33-22)26(37)32-23-8-6-21(24(16-23)27(28,29)30)17-36-13-11-35(2)12-14-36/h3-4,6,8-10,15-16H,11-14,17H2,1-2H3,(H2,31,34)(H,32,37). The van der Waals surface area contributed by atoms with Crippen LogP contribution in [0, 0.1) is 18.8 Å². The van der Waals surface area contributed by atoms with E-state index in [9.17, 15) is 18.0 Å². The molecule has 4 rings (SSSR count). The SMILES string of the molecule is Cc1ccc(C(=O)Nc2ccc(CN3CCN(C)CC3)c(C(F)(F)F)c2)cc1C#Cc1ccc(N)nn1. The van der Waals surface area contributed by atoms with Crippen molar-refractivity contribution in [2.75, 3.05) is 44.3 Å². The van der Waals surface area contributed by atoms with E-state index in [0.717, 1.165) is 24.7 Å². The third-order valence-electron chi connectivity index (χ3n) is 6.17. The molecule has 3 N–H and O–H groups in total. The first-order valence-electron chi connectivity index (χ1n) is 11.7. The molecule has 7 nitrogen and oxygen atoms in total. The zero-order chi connectivity index (χ0) is 26.6. The average Bonchev–Trinajstić information content (AvgIpc) is 2.86. The van der Waals surface area contributed by atoms with Gasteiger partial charge in [-0.3, -0.25) is 9.69 Å². The fourth-order valence-electron chi connectivity index (χ4n) is 3.94. The first-order chi connectivity index (χ1) is 17.6. The summed E-state index contributed by atoms with van der Waals surface area (Å²) in [5.74, 6) is 5.57. The maximum absolute atomic E-state index is 13.9. The molecular formula is C27H27F3N6O. The van der Waals surface area contributed by atoms with Crippen molar-refractivity contribution in [2.45, 2.75) is 19.6 Å². The summed E-state index contributed by atoms with van der Waals surface area (Å²) in [5.41, 5.74) is 7.16. The highest BCUT2D eigenvalue weighted by molar-refractivity contribution is 6.04. The fourth-order valence-corrected chi connectivity index (χ4v) is 3.94. The Bertz CT molecular complexity index is 1340. The topological polar surface area (TPSA) is 87.4 Å². The summed E-state index contributed by atoms with van der Waals surface area (Å²) in [6, 6.07) is 12.1. The van der Waals surface area contributed by atoms with Crippen LogP contribution in [0.4, 0.5) is 24.7 Å². The Kier molecular flexibility index (Phi) is 7.76. The summed E-state index contributed by atoms with van der Waals surface area (Å²) in [6.07, 6.45) is -4.54. The number of carbonyl (C=O) groups excluding carboxylic acids is 1. The Balaban J connectivity index is 1.52. The van der Waals surface area contributed by atoms with E-state index in [0.29, 0.717) is 24.3 Å². The summed E-state index contributed by atoms with van der Waals surface area (Å²) >= 11 is 0. The molecule has 1 aromatic heterocycles. The van der Waals surface area contributed by atoms with Crippen molar-refractivity contribution < 1.29 is 18.0 Å². The summed E-state index contributed by atoms with van der Waals surface area (Å²) in [7, 11) is 1.99. The van der Waals surface area contributed by atoms with Gasteiger partial charge in [0, 0.05) is 49.5 Å². The number of nitrogen functional groups attached to an aromatic ring is 1. The van der Waals surface area contributed by atoms with Crippen molar-refractivity contribution in [2.24, 2.45) is 0 Å². The molecule has 0 atom stereocenters. The smallest absolute Gasteiger partial charge is 0.382 e. The van der Waals surface area contributed by atoms with Gasteiger partial charge >= 0.3 is 6.18 Å². The number of nitrogens with one attached hydrogen (secondary N) is 1. The zero-order valence-electron chi connectivity index (χ0n) is 20.6. The highest BCUT2D eigenvalue weighted by Gasteiger charge is 2.34. The Morgan fingerprint density at radius 1 is 1.03 bits per heavy atom. The van der Waals surface area contributed by atoms with Gasteiger partial charge in [0.05, 0.1) is 5.56 Å². The lowest BCUT2D eigenvalue weighted by Gasteiger charge is -2.33. The molecule has 2 heterocycles. The van der Waals surface area contributed by atoms with Crippen molar-refractivity contribution in [1.82, 2.24) is 20.0 Å². The minimum Gasteiger partial charge on any atom is -0.382 e. The third kappa shape index (κ3) is 6.84. The third-order valence-corrected chi connectivity index (χ3v) is 6.17. The highest BCUT2D eigenvalue weighted by atomic mass is 19.4. The van der Waals surface area contributed by atoms with Crippen LogP contribution in [0.3, 0.4) is 0 Å². The van der Waals surface area contributed by atoms with Gasteiger partial charge in [-0.1, -0.05) is 18.1 Å². The molecule has 1 aliphatic heterocycles. The van der Waals surface area contributed by atoms with Crippen molar-refractivity contribution in [3.8, 4) is 11.8 Å². The van der Waals surface area contributed by atoms with Crippen molar-refractivity contribution in [1.29, 1.82) is 0 Å². The van der Waals surface area contributed by atoms with E-state index in [1.807, 2.05) is 18.9 Å². The fraction of sp³-hybridized carbons (Fsp3) is 0.296. The molecule has 0 aliphatic carbocycles. The monoisotopic (exact) mass is 508 g/mol. The number of hydrogen-bond donors (Lipinski definition) is 2. The van der Waals surface area contributed by atoms with Crippen LogP contribution in [-0.4, -0.2) is 59.1 Å².